The van der Waals surface area contributed by atoms with Gasteiger partial charge in [-0.15, -0.1) is 0 Å². The van der Waals surface area contributed by atoms with E-state index in [1.165, 1.54) is 0 Å². The first-order valence-electron chi connectivity index (χ1n) is 4.91. The van der Waals surface area contributed by atoms with Crippen LogP contribution in [0.2, 0.25) is 0 Å². The fraction of sp³-hybridized carbons (Fsp3) is 0.333. The summed E-state index contributed by atoms with van der Waals surface area (Å²) < 4.78 is 0. The van der Waals surface area contributed by atoms with Crippen LogP contribution in [0.4, 0.5) is 5.69 Å². The minimum atomic E-state index is 0.521. The van der Waals surface area contributed by atoms with Crippen molar-refractivity contribution in [2.45, 2.75) is 19.4 Å². The molecule has 2 nitrogen and oxygen atoms in total. The van der Waals surface area contributed by atoms with Gasteiger partial charge in [0.25, 0.3) is 0 Å². The van der Waals surface area contributed by atoms with Gasteiger partial charge in [-0.05, 0) is 38.1 Å². The van der Waals surface area contributed by atoms with E-state index in [1.54, 1.807) is 0 Å². The van der Waals surface area contributed by atoms with E-state index in [1.807, 2.05) is 25.2 Å². The van der Waals surface area contributed by atoms with Gasteiger partial charge in [-0.1, -0.05) is 24.3 Å². The van der Waals surface area contributed by atoms with E-state index >= 15 is 0 Å². The van der Waals surface area contributed by atoms with Crippen LogP contribution in [0.1, 0.15) is 18.9 Å². The molecule has 0 fully saturated rings. The van der Waals surface area contributed by atoms with Crippen LogP contribution in [0.25, 0.3) is 6.08 Å². The number of rotatable bonds is 4. The topological polar surface area (TPSA) is 38.0 Å². The summed E-state index contributed by atoms with van der Waals surface area (Å²) in [5.41, 5.74) is 7.64. The average molecular weight is 190 g/mol. The maximum absolute atomic E-state index is 5.67. The summed E-state index contributed by atoms with van der Waals surface area (Å²) >= 11 is 0. The van der Waals surface area contributed by atoms with E-state index in [0.29, 0.717) is 6.04 Å². The molecule has 1 aromatic carbocycles. The van der Waals surface area contributed by atoms with Gasteiger partial charge in [-0.3, -0.25) is 0 Å². The number of benzene rings is 1. The lowest BCUT2D eigenvalue weighted by Crippen LogP contribution is -2.19. The van der Waals surface area contributed by atoms with Crippen molar-refractivity contribution < 1.29 is 0 Å². The molecule has 76 valence electrons. The maximum Gasteiger partial charge on any atom is 0.0319 e. The van der Waals surface area contributed by atoms with Crippen molar-refractivity contribution in [1.82, 2.24) is 5.32 Å². The molecule has 0 aliphatic carbocycles. The SMILES string of the molecule is CN[C@H](C)C/C=C/c1cccc(N)c1. The molecule has 0 saturated carbocycles. The summed E-state index contributed by atoms with van der Waals surface area (Å²) in [6.07, 6.45) is 5.30. The lowest BCUT2D eigenvalue weighted by molar-refractivity contribution is 0.621. The molecule has 0 aromatic heterocycles. The van der Waals surface area contributed by atoms with E-state index in [2.05, 4.69) is 30.5 Å². The highest BCUT2D eigenvalue weighted by Gasteiger charge is 1.92. The Labute approximate surface area is 85.8 Å². The molecule has 1 aromatic rings. The van der Waals surface area contributed by atoms with Crippen LogP contribution in [-0.4, -0.2) is 13.1 Å². The van der Waals surface area contributed by atoms with E-state index in [9.17, 15) is 0 Å². The maximum atomic E-state index is 5.67. The van der Waals surface area contributed by atoms with Crippen LogP contribution < -0.4 is 11.1 Å². The molecular weight excluding hydrogens is 172 g/mol. The highest BCUT2D eigenvalue weighted by molar-refractivity contribution is 5.55. The van der Waals surface area contributed by atoms with Crippen molar-refractivity contribution in [1.29, 1.82) is 0 Å². The average Bonchev–Trinajstić information content (AvgIpc) is 2.17. The third kappa shape index (κ3) is 3.62. The highest BCUT2D eigenvalue weighted by atomic mass is 14.8. The lowest BCUT2D eigenvalue weighted by Gasteiger charge is -2.04. The van der Waals surface area contributed by atoms with Gasteiger partial charge in [-0.2, -0.15) is 0 Å². The third-order valence-electron chi connectivity index (χ3n) is 2.20. The first-order chi connectivity index (χ1) is 6.72. The standard InChI is InChI=1S/C12H18N2/c1-10(14-2)5-3-6-11-7-4-8-12(13)9-11/h3-4,6-10,14H,5,13H2,1-2H3/b6-3+/t10-/m1/s1. The Morgan fingerprint density at radius 2 is 2.29 bits per heavy atom. The third-order valence-corrected chi connectivity index (χ3v) is 2.20. The van der Waals surface area contributed by atoms with Crippen LogP contribution in [0.15, 0.2) is 30.3 Å². The molecule has 0 radical (unpaired) electrons. The zero-order valence-electron chi connectivity index (χ0n) is 8.83. The molecule has 14 heavy (non-hydrogen) atoms. The van der Waals surface area contributed by atoms with Crippen molar-refractivity contribution in [2.24, 2.45) is 0 Å². The molecule has 3 N–H and O–H groups in total. The van der Waals surface area contributed by atoms with Gasteiger partial charge in [0, 0.05) is 11.7 Å². The second-order valence-corrected chi connectivity index (χ2v) is 3.50. The van der Waals surface area contributed by atoms with Crippen molar-refractivity contribution in [3.8, 4) is 0 Å². The molecule has 1 atom stereocenters. The van der Waals surface area contributed by atoms with Crippen LogP contribution in [-0.2, 0) is 0 Å². The van der Waals surface area contributed by atoms with E-state index in [0.717, 1.165) is 17.7 Å². The molecule has 0 spiro atoms. The molecule has 0 heterocycles. The highest BCUT2D eigenvalue weighted by Crippen LogP contribution is 2.08. The first-order valence-corrected chi connectivity index (χ1v) is 4.91. The molecule has 2 heteroatoms. The summed E-state index contributed by atoms with van der Waals surface area (Å²) in [5.74, 6) is 0. The van der Waals surface area contributed by atoms with Gasteiger partial charge in [0.15, 0.2) is 0 Å². The van der Waals surface area contributed by atoms with Crippen molar-refractivity contribution in [3.63, 3.8) is 0 Å². The first kappa shape index (κ1) is 10.8. The van der Waals surface area contributed by atoms with Gasteiger partial charge in [0.1, 0.15) is 0 Å². The Kier molecular flexibility index (Phi) is 4.20. The Morgan fingerprint density at radius 1 is 1.50 bits per heavy atom. The van der Waals surface area contributed by atoms with Gasteiger partial charge in [-0.25, -0.2) is 0 Å². The number of nitrogen functional groups attached to an aromatic ring is 1. The fourth-order valence-electron chi connectivity index (χ4n) is 1.19. The van der Waals surface area contributed by atoms with Crippen molar-refractivity contribution >= 4 is 11.8 Å². The zero-order valence-corrected chi connectivity index (χ0v) is 8.83. The van der Waals surface area contributed by atoms with E-state index < -0.39 is 0 Å². The molecule has 0 unspecified atom stereocenters. The summed E-state index contributed by atoms with van der Waals surface area (Å²) in [4.78, 5) is 0. The molecule has 0 saturated heterocycles. The number of hydrogen-bond acceptors (Lipinski definition) is 2. The molecule has 0 amide bonds. The zero-order chi connectivity index (χ0) is 10.4. The quantitative estimate of drug-likeness (QED) is 0.715. The monoisotopic (exact) mass is 190 g/mol. The number of hydrogen-bond donors (Lipinski definition) is 2. The fourth-order valence-corrected chi connectivity index (χ4v) is 1.19. The number of nitrogens with two attached hydrogens (primary N) is 1. The molecule has 1 rings (SSSR count). The normalized spacial score (nSPS) is 13.3. The predicted molar refractivity (Wildman–Crippen MR) is 63.0 cm³/mol. The van der Waals surface area contributed by atoms with Crippen LogP contribution in [0, 0.1) is 0 Å². The summed E-state index contributed by atoms with van der Waals surface area (Å²) in [6.45, 7) is 2.16. The Hall–Kier alpha value is -1.28. The van der Waals surface area contributed by atoms with Crippen LogP contribution in [0.3, 0.4) is 0 Å². The minimum absolute atomic E-state index is 0.521. The molecular formula is C12H18N2. The minimum Gasteiger partial charge on any atom is -0.399 e. The lowest BCUT2D eigenvalue weighted by atomic mass is 10.1. The second-order valence-electron chi connectivity index (χ2n) is 3.50. The molecule has 0 aliphatic rings. The second kappa shape index (κ2) is 5.45. The Bertz CT molecular complexity index is 305. The smallest absolute Gasteiger partial charge is 0.0319 e. The van der Waals surface area contributed by atoms with Crippen LogP contribution >= 0.6 is 0 Å². The van der Waals surface area contributed by atoms with Gasteiger partial charge < -0.3 is 11.1 Å². The van der Waals surface area contributed by atoms with Gasteiger partial charge in [0.2, 0.25) is 0 Å². The predicted octanol–water partition coefficient (Wildman–Crippen LogP) is 2.28. The van der Waals surface area contributed by atoms with Crippen molar-refractivity contribution in [2.75, 3.05) is 12.8 Å². The van der Waals surface area contributed by atoms with Crippen LogP contribution in [0.5, 0.6) is 0 Å². The summed E-state index contributed by atoms with van der Waals surface area (Å²) in [6, 6.07) is 8.41. The van der Waals surface area contributed by atoms with E-state index in [4.69, 9.17) is 5.73 Å². The summed E-state index contributed by atoms with van der Waals surface area (Å²) in [7, 11) is 1.97. The molecule has 0 aliphatic heterocycles. The Balaban J connectivity index is 2.51. The van der Waals surface area contributed by atoms with E-state index in [-0.39, 0.29) is 0 Å². The Morgan fingerprint density at radius 3 is 2.93 bits per heavy atom. The summed E-state index contributed by atoms with van der Waals surface area (Å²) in [5, 5.41) is 3.19. The molecule has 0 bridgehead atoms. The van der Waals surface area contributed by atoms with Gasteiger partial charge >= 0.3 is 0 Å². The number of nitrogens with one attached hydrogen (secondary N) is 1. The van der Waals surface area contributed by atoms with Gasteiger partial charge in [0.05, 0.1) is 0 Å². The van der Waals surface area contributed by atoms with Crippen molar-refractivity contribution in [3.05, 3.63) is 35.9 Å². The number of anilines is 1. The largest absolute Gasteiger partial charge is 0.399 e.